The van der Waals surface area contributed by atoms with E-state index in [0.29, 0.717) is 5.78 Å². The minimum absolute atomic E-state index is 0.114. The van der Waals surface area contributed by atoms with Gasteiger partial charge in [-0.15, -0.1) is 0 Å². The van der Waals surface area contributed by atoms with Crippen LogP contribution < -0.4 is 0 Å². The van der Waals surface area contributed by atoms with E-state index < -0.39 is 0 Å². The third kappa shape index (κ3) is 2.39. The van der Waals surface area contributed by atoms with Gasteiger partial charge in [0.1, 0.15) is 0 Å². The van der Waals surface area contributed by atoms with Crippen LogP contribution in [-0.2, 0) is 5.41 Å². The first-order valence-electron chi connectivity index (χ1n) is 9.71. The van der Waals surface area contributed by atoms with Gasteiger partial charge < -0.3 is 0 Å². The van der Waals surface area contributed by atoms with Gasteiger partial charge in [0.25, 0.3) is 0 Å². The van der Waals surface area contributed by atoms with E-state index in [-0.39, 0.29) is 16.7 Å². The molecule has 3 fully saturated rings. The molecule has 3 aliphatic carbocycles. The second-order valence-electron chi connectivity index (χ2n) is 8.37. The number of pyridine rings is 1. The van der Waals surface area contributed by atoms with Crippen LogP contribution in [0.3, 0.4) is 0 Å². The fourth-order valence-corrected chi connectivity index (χ4v) is 5.61. The average molecular weight is 353 g/mol. The van der Waals surface area contributed by atoms with E-state index in [0.717, 1.165) is 36.1 Å². The van der Waals surface area contributed by atoms with Crippen LogP contribution in [0.4, 0.5) is 0 Å². The van der Waals surface area contributed by atoms with Gasteiger partial charge in [0.05, 0.1) is 0 Å². The van der Waals surface area contributed by atoms with Crippen LogP contribution in [0.15, 0.2) is 79.0 Å². The van der Waals surface area contributed by atoms with E-state index in [1.165, 1.54) is 5.56 Å². The molecule has 2 aromatic carbocycles. The van der Waals surface area contributed by atoms with Gasteiger partial charge in [0, 0.05) is 28.8 Å². The Morgan fingerprint density at radius 2 is 1.74 bits per heavy atom. The number of hydrogen-bond donors (Lipinski definition) is 0. The first-order chi connectivity index (χ1) is 13.1. The van der Waals surface area contributed by atoms with E-state index in [9.17, 15) is 4.79 Å². The zero-order chi connectivity index (χ0) is 18.5. The maximum absolute atomic E-state index is 13.7. The first-order valence-corrected chi connectivity index (χ1v) is 9.71. The van der Waals surface area contributed by atoms with Crippen LogP contribution in [0.5, 0.6) is 0 Å². The number of aromatic nitrogens is 1. The molecule has 0 radical (unpaired) electrons. The van der Waals surface area contributed by atoms with E-state index in [2.05, 4.69) is 41.4 Å². The number of rotatable bonds is 4. The average Bonchev–Trinajstić information content (AvgIpc) is 3.22. The molecule has 1 heterocycles. The number of carbonyl (C=O) groups excluding carboxylic acids is 1. The minimum atomic E-state index is -0.321. The highest BCUT2D eigenvalue weighted by Gasteiger charge is 2.70. The summed E-state index contributed by atoms with van der Waals surface area (Å²) < 4.78 is 0. The molecule has 3 aromatic rings. The lowest BCUT2D eigenvalue weighted by molar-refractivity contribution is 0.0537. The highest BCUT2D eigenvalue weighted by molar-refractivity contribution is 6.03. The number of nitrogens with zero attached hydrogens (tertiary/aromatic N) is 1. The molecule has 27 heavy (non-hydrogen) atoms. The summed E-state index contributed by atoms with van der Waals surface area (Å²) in [5.74, 6) is 0.484. The molecule has 0 spiro atoms. The third-order valence-electron chi connectivity index (χ3n) is 6.73. The fourth-order valence-electron chi connectivity index (χ4n) is 5.61. The van der Waals surface area contributed by atoms with Crippen molar-refractivity contribution in [1.82, 2.24) is 4.98 Å². The summed E-state index contributed by atoms with van der Waals surface area (Å²) in [6, 6.07) is 24.9. The predicted molar refractivity (Wildman–Crippen MR) is 107 cm³/mol. The first kappa shape index (κ1) is 16.4. The Kier molecular flexibility index (Phi) is 3.58. The summed E-state index contributed by atoms with van der Waals surface area (Å²) in [6.45, 7) is 2.05. The summed E-state index contributed by atoms with van der Waals surface area (Å²) in [5.41, 5.74) is 4.21. The number of ketones is 1. The lowest BCUT2D eigenvalue weighted by Gasteiger charge is -2.48. The van der Waals surface area contributed by atoms with Crippen molar-refractivity contribution in [3.05, 3.63) is 101 Å². The molecule has 6 rings (SSSR count). The normalized spacial score (nSPS) is 28.6. The Hall–Kier alpha value is -2.74. The Balaban J connectivity index is 1.59. The van der Waals surface area contributed by atoms with Gasteiger partial charge in [0.2, 0.25) is 0 Å². The molecule has 134 valence electrons. The molecule has 0 amide bonds. The highest BCUT2D eigenvalue weighted by atomic mass is 16.1. The number of hydrogen-bond acceptors (Lipinski definition) is 2. The molecule has 2 nitrogen and oxygen atoms in total. The molecular weight excluding hydrogens is 330 g/mol. The maximum atomic E-state index is 13.7. The lowest BCUT2D eigenvalue weighted by atomic mass is 9.54. The summed E-state index contributed by atoms with van der Waals surface area (Å²) in [4.78, 5) is 18.3. The molecule has 0 unspecified atom stereocenters. The maximum Gasteiger partial charge on any atom is 0.169 e. The van der Waals surface area contributed by atoms with Crippen molar-refractivity contribution in [1.29, 1.82) is 0 Å². The number of fused-ring (bicyclic) bond motifs is 1. The topological polar surface area (TPSA) is 30.0 Å². The molecule has 2 bridgehead atoms. The monoisotopic (exact) mass is 353 g/mol. The zero-order valence-electron chi connectivity index (χ0n) is 15.6. The second kappa shape index (κ2) is 5.88. The van der Waals surface area contributed by atoms with Crippen molar-refractivity contribution >= 4 is 5.78 Å². The van der Waals surface area contributed by atoms with Gasteiger partial charge in [-0.25, -0.2) is 0 Å². The van der Waals surface area contributed by atoms with Gasteiger partial charge in [-0.2, -0.15) is 0 Å². The SMILES string of the molecule is Cc1cccc(C(=O)C23CC(c4ccccc4)(C[C@H]2c2ccccn2)C3)c1. The predicted octanol–water partition coefficient (Wildman–Crippen LogP) is 5.48. The lowest BCUT2D eigenvalue weighted by Crippen LogP contribution is -2.47. The quantitative estimate of drug-likeness (QED) is 0.582. The van der Waals surface area contributed by atoms with Gasteiger partial charge in [-0.1, -0.05) is 60.2 Å². The van der Waals surface area contributed by atoms with E-state index in [1.54, 1.807) is 0 Å². The van der Waals surface area contributed by atoms with Crippen molar-refractivity contribution in [2.75, 3.05) is 0 Å². The number of carbonyl (C=O) groups is 1. The molecular formula is C25H23NO. The summed E-state index contributed by atoms with van der Waals surface area (Å²) in [7, 11) is 0. The molecule has 0 saturated heterocycles. The van der Waals surface area contributed by atoms with Crippen molar-refractivity contribution in [2.24, 2.45) is 5.41 Å². The van der Waals surface area contributed by atoms with Crippen LogP contribution in [0.25, 0.3) is 0 Å². The summed E-state index contributed by atoms with van der Waals surface area (Å²) in [6.07, 6.45) is 4.71. The van der Waals surface area contributed by atoms with Crippen LogP contribution >= 0.6 is 0 Å². The molecule has 2 heteroatoms. The number of benzene rings is 2. The minimum Gasteiger partial charge on any atom is -0.294 e. The second-order valence-corrected chi connectivity index (χ2v) is 8.37. The summed E-state index contributed by atoms with van der Waals surface area (Å²) in [5, 5.41) is 0. The zero-order valence-corrected chi connectivity index (χ0v) is 15.6. The molecule has 1 atom stereocenters. The van der Waals surface area contributed by atoms with Gasteiger partial charge >= 0.3 is 0 Å². The molecule has 3 aliphatic rings. The van der Waals surface area contributed by atoms with Crippen LogP contribution in [0.2, 0.25) is 0 Å². The number of aryl methyl sites for hydroxylation is 1. The Bertz CT molecular complexity index is 987. The van der Waals surface area contributed by atoms with E-state index >= 15 is 0 Å². The molecule has 0 aliphatic heterocycles. The smallest absolute Gasteiger partial charge is 0.169 e. The largest absolute Gasteiger partial charge is 0.294 e. The third-order valence-corrected chi connectivity index (χ3v) is 6.73. The summed E-state index contributed by atoms with van der Waals surface area (Å²) >= 11 is 0. The highest BCUT2D eigenvalue weighted by Crippen LogP contribution is 2.73. The fraction of sp³-hybridized carbons (Fsp3) is 0.280. The van der Waals surface area contributed by atoms with Gasteiger partial charge in [0.15, 0.2) is 5.78 Å². The number of Topliss-reactive ketones (excluding diaryl/α,β-unsaturated/α-hetero) is 1. The van der Waals surface area contributed by atoms with Crippen molar-refractivity contribution in [3.63, 3.8) is 0 Å². The van der Waals surface area contributed by atoms with Crippen LogP contribution in [0, 0.1) is 12.3 Å². The Morgan fingerprint density at radius 1 is 0.963 bits per heavy atom. The standard InChI is InChI=1S/C25H23NO/c1-18-8-7-9-19(14-18)23(27)25-16-24(17-25,20-10-3-2-4-11-20)15-21(25)22-12-5-6-13-26-22/h2-14,21H,15-17H2,1H3/t21-,24?,25?/m0/s1. The molecule has 3 saturated carbocycles. The van der Waals surface area contributed by atoms with Crippen molar-refractivity contribution in [3.8, 4) is 0 Å². The van der Waals surface area contributed by atoms with Crippen molar-refractivity contribution in [2.45, 2.75) is 37.5 Å². The molecule has 1 aromatic heterocycles. The van der Waals surface area contributed by atoms with Crippen LogP contribution in [0.1, 0.15) is 52.4 Å². The van der Waals surface area contributed by atoms with Crippen molar-refractivity contribution < 1.29 is 4.79 Å². The van der Waals surface area contributed by atoms with Crippen LogP contribution in [-0.4, -0.2) is 10.8 Å². The Morgan fingerprint density at radius 3 is 2.44 bits per heavy atom. The van der Waals surface area contributed by atoms with Gasteiger partial charge in [-0.3, -0.25) is 9.78 Å². The van der Waals surface area contributed by atoms with E-state index in [4.69, 9.17) is 0 Å². The van der Waals surface area contributed by atoms with E-state index in [1.807, 2.05) is 49.5 Å². The van der Waals surface area contributed by atoms with Gasteiger partial charge in [-0.05, 0) is 55.4 Å². The molecule has 0 N–H and O–H groups in total. The Labute approximate surface area is 160 Å².